The summed E-state index contributed by atoms with van der Waals surface area (Å²) >= 11 is 0. The Bertz CT molecular complexity index is 1210. The van der Waals surface area contributed by atoms with Crippen molar-refractivity contribution in [3.63, 3.8) is 0 Å². The summed E-state index contributed by atoms with van der Waals surface area (Å²) in [5, 5.41) is 5.07. The number of anilines is 1. The minimum atomic E-state index is -0.204. The first kappa shape index (κ1) is 21.2. The van der Waals surface area contributed by atoms with Crippen LogP contribution in [0.1, 0.15) is 22.8 Å². The van der Waals surface area contributed by atoms with Crippen molar-refractivity contribution in [1.82, 2.24) is 0 Å². The van der Waals surface area contributed by atoms with E-state index in [1.807, 2.05) is 49.4 Å². The molecule has 0 radical (unpaired) electrons. The molecule has 0 aromatic heterocycles. The Morgan fingerprint density at radius 3 is 2.41 bits per heavy atom. The van der Waals surface area contributed by atoms with Crippen LogP contribution < -0.4 is 19.5 Å². The summed E-state index contributed by atoms with van der Waals surface area (Å²) in [6, 6.07) is 26.6. The van der Waals surface area contributed by atoms with Crippen molar-refractivity contribution >= 4 is 22.4 Å². The van der Waals surface area contributed by atoms with Gasteiger partial charge in [0.15, 0.2) is 0 Å². The van der Waals surface area contributed by atoms with E-state index in [1.54, 1.807) is 37.4 Å². The van der Waals surface area contributed by atoms with Crippen LogP contribution in [0.15, 0.2) is 84.9 Å². The van der Waals surface area contributed by atoms with Gasteiger partial charge in [-0.2, -0.15) is 0 Å². The highest BCUT2D eigenvalue weighted by Crippen LogP contribution is 2.28. The molecule has 0 heterocycles. The fourth-order valence-electron chi connectivity index (χ4n) is 3.48. The zero-order valence-electron chi connectivity index (χ0n) is 18.1. The summed E-state index contributed by atoms with van der Waals surface area (Å²) < 4.78 is 17.1. The van der Waals surface area contributed by atoms with E-state index in [1.165, 1.54) is 0 Å². The van der Waals surface area contributed by atoms with Gasteiger partial charge in [0.05, 0.1) is 13.7 Å². The average molecular weight is 428 g/mol. The molecule has 5 heteroatoms. The molecular weight excluding hydrogens is 402 g/mol. The first-order chi connectivity index (χ1) is 15.7. The minimum Gasteiger partial charge on any atom is -0.497 e. The van der Waals surface area contributed by atoms with Gasteiger partial charge in [-0.1, -0.05) is 36.4 Å². The van der Waals surface area contributed by atoms with Gasteiger partial charge in [-0.15, -0.1) is 0 Å². The molecule has 0 atom stereocenters. The van der Waals surface area contributed by atoms with Crippen molar-refractivity contribution in [3.05, 3.63) is 96.1 Å². The van der Waals surface area contributed by atoms with Crippen molar-refractivity contribution < 1.29 is 19.0 Å². The summed E-state index contributed by atoms with van der Waals surface area (Å²) in [6.07, 6.45) is 0. The monoisotopic (exact) mass is 427 g/mol. The molecule has 32 heavy (non-hydrogen) atoms. The number of nitrogens with one attached hydrogen (secondary N) is 1. The number of hydrogen-bond acceptors (Lipinski definition) is 4. The van der Waals surface area contributed by atoms with E-state index in [-0.39, 0.29) is 12.5 Å². The lowest BCUT2D eigenvalue weighted by Crippen LogP contribution is -2.13. The van der Waals surface area contributed by atoms with E-state index >= 15 is 0 Å². The summed E-state index contributed by atoms with van der Waals surface area (Å²) in [5.74, 6) is 2.02. The van der Waals surface area contributed by atoms with E-state index in [0.717, 1.165) is 27.8 Å². The summed E-state index contributed by atoms with van der Waals surface area (Å²) in [4.78, 5) is 12.8. The number of ether oxygens (including phenoxy) is 3. The first-order valence-corrected chi connectivity index (χ1v) is 10.5. The summed E-state index contributed by atoms with van der Waals surface area (Å²) in [7, 11) is 1.61. The van der Waals surface area contributed by atoms with Crippen molar-refractivity contribution in [2.24, 2.45) is 0 Å². The van der Waals surface area contributed by atoms with E-state index in [4.69, 9.17) is 14.2 Å². The fraction of sp³-hybridized carbons (Fsp3) is 0.148. The van der Waals surface area contributed by atoms with Crippen LogP contribution in [0.25, 0.3) is 10.8 Å². The third kappa shape index (κ3) is 4.83. The zero-order valence-corrected chi connectivity index (χ0v) is 18.1. The van der Waals surface area contributed by atoms with Crippen LogP contribution in [0.4, 0.5) is 5.69 Å². The second-order valence-corrected chi connectivity index (χ2v) is 7.20. The lowest BCUT2D eigenvalue weighted by atomic mass is 10.1. The molecule has 4 aromatic carbocycles. The van der Waals surface area contributed by atoms with Crippen LogP contribution in [-0.2, 0) is 6.61 Å². The number of hydrogen-bond donors (Lipinski definition) is 1. The molecule has 0 aliphatic carbocycles. The first-order valence-electron chi connectivity index (χ1n) is 10.5. The summed E-state index contributed by atoms with van der Waals surface area (Å²) in [5.41, 5.74) is 2.03. The van der Waals surface area contributed by atoms with Gasteiger partial charge in [-0.25, -0.2) is 0 Å². The third-order valence-electron chi connectivity index (χ3n) is 5.10. The Kier molecular flexibility index (Phi) is 6.56. The molecule has 0 fully saturated rings. The Morgan fingerprint density at radius 1 is 0.844 bits per heavy atom. The molecule has 1 N–H and O–H groups in total. The molecule has 4 rings (SSSR count). The number of carbonyl (C=O) groups excluding carboxylic acids is 1. The van der Waals surface area contributed by atoms with Crippen LogP contribution >= 0.6 is 0 Å². The van der Waals surface area contributed by atoms with Gasteiger partial charge in [0, 0.05) is 22.2 Å². The number of amides is 1. The molecule has 0 aliphatic heterocycles. The molecule has 0 spiro atoms. The van der Waals surface area contributed by atoms with Crippen LogP contribution in [0.5, 0.6) is 17.2 Å². The predicted octanol–water partition coefficient (Wildman–Crippen LogP) is 6.08. The Hall–Kier alpha value is -3.99. The third-order valence-corrected chi connectivity index (χ3v) is 5.10. The molecule has 4 aromatic rings. The van der Waals surface area contributed by atoms with Crippen LogP contribution in [0.3, 0.4) is 0 Å². The Morgan fingerprint density at radius 2 is 1.62 bits per heavy atom. The van der Waals surface area contributed by atoms with E-state index in [0.29, 0.717) is 23.6 Å². The fourth-order valence-corrected chi connectivity index (χ4v) is 3.48. The van der Waals surface area contributed by atoms with E-state index in [2.05, 4.69) is 17.4 Å². The van der Waals surface area contributed by atoms with Gasteiger partial charge in [-0.05, 0) is 60.8 Å². The van der Waals surface area contributed by atoms with Crippen molar-refractivity contribution in [1.29, 1.82) is 0 Å². The maximum absolute atomic E-state index is 12.8. The lowest BCUT2D eigenvalue weighted by molar-refractivity contribution is 0.102. The number of carbonyl (C=O) groups is 1. The van der Waals surface area contributed by atoms with Crippen molar-refractivity contribution in [2.75, 3.05) is 19.0 Å². The maximum Gasteiger partial charge on any atom is 0.255 e. The Balaban J connectivity index is 1.55. The van der Waals surface area contributed by atoms with Crippen molar-refractivity contribution in [3.8, 4) is 17.2 Å². The topological polar surface area (TPSA) is 56.8 Å². The highest BCUT2D eigenvalue weighted by molar-refractivity contribution is 6.04. The van der Waals surface area contributed by atoms with Crippen molar-refractivity contribution in [2.45, 2.75) is 13.5 Å². The number of rotatable bonds is 8. The van der Waals surface area contributed by atoms with Crippen LogP contribution in [0.2, 0.25) is 0 Å². The van der Waals surface area contributed by atoms with E-state index < -0.39 is 0 Å². The lowest BCUT2D eigenvalue weighted by Gasteiger charge is -2.14. The molecule has 0 aliphatic rings. The van der Waals surface area contributed by atoms with Gasteiger partial charge in [0.1, 0.15) is 23.9 Å². The second kappa shape index (κ2) is 9.88. The number of fused-ring (bicyclic) bond motifs is 1. The largest absolute Gasteiger partial charge is 0.497 e. The molecular formula is C27H25NO4. The summed E-state index contributed by atoms with van der Waals surface area (Å²) in [6.45, 7) is 2.74. The van der Waals surface area contributed by atoms with Crippen LogP contribution in [0, 0.1) is 0 Å². The zero-order chi connectivity index (χ0) is 22.3. The molecule has 0 bridgehead atoms. The number of benzene rings is 4. The van der Waals surface area contributed by atoms with Gasteiger partial charge in [0.25, 0.3) is 5.91 Å². The van der Waals surface area contributed by atoms with Gasteiger partial charge >= 0.3 is 0 Å². The molecule has 5 nitrogen and oxygen atoms in total. The molecule has 162 valence electrons. The molecule has 0 saturated heterocycles. The average Bonchev–Trinajstić information content (AvgIpc) is 2.84. The maximum atomic E-state index is 12.8. The smallest absolute Gasteiger partial charge is 0.255 e. The van der Waals surface area contributed by atoms with E-state index in [9.17, 15) is 4.79 Å². The standard InChI is InChI=1S/C27H25NO4/c1-3-31-25-16-11-20(27(29)28-22-12-14-23(30-2)15-13-22)17-21(25)18-32-26-10-6-8-19-7-4-5-9-24(19)26/h4-17H,3,18H2,1-2H3,(H,28,29). The molecule has 0 unspecified atom stereocenters. The highest BCUT2D eigenvalue weighted by atomic mass is 16.5. The Labute approximate surface area is 187 Å². The highest BCUT2D eigenvalue weighted by Gasteiger charge is 2.13. The predicted molar refractivity (Wildman–Crippen MR) is 127 cm³/mol. The van der Waals surface area contributed by atoms with Gasteiger partial charge < -0.3 is 19.5 Å². The molecule has 1 amide bonds. The van der Waals surface area contributed by atoms with Gasteiger partial charge in [0.2, 0.25) is 0 Å². The number of methoxy groups -OCH3 is 1. The van der Waals surface area contributed by atoms with Crippen LogP contribution in [-0.4, -0.2) is 19.6 Å². The quantitative estimate of drug-likeness (QED) is 0.370. The van der Waals surface area contributed by atoms with Gasteiger partial charge in [-0.3, -0.25) is 4.79 Å². The molecule has 0 saturated carbocycles. The normalized spacial score (nSPS) is 10.6. The second-order valence-electron chi connectivity index (χ2n) is 7.20. The SMILES string of the molecule is CCOc1ccc(C(=O)Nc2ccc(OC)cc2)cc1COc1cccc2ccccc12. The minimum absolute atomic E-state index is 0.204.